The van der Waals surface area contributed by atoms with Gasteiger partial charge in [0.05, 0.1) is 30.7 Å². The molecule has 0 spiro atoms. The van der Waals surface area contributed by atoms with E-state index < -0.39 is 6.04 Å². The standard InChI is InChI=1S/C27H24N2O5/c1-4-33-21-10-8-18(13-22(21)32-3)24-23-25(30)19-12-16(2)7-9-20(19)34-26(23)27(31)29(24)15-17-6-5-11-28-14-17/h5-14,24H,4,15H2,1-3H3/t24-/m0/s1. The highest BCUT2D eigenvalue weighted by molar-refractivity contribution is 5.99. The van der Waals surface area contributed by atoms with Crippen molar-refractivity contribution >= 4 is 16.9 Å². The molecular weight excluding hydrogens is 432 g/mol. The highest BCUT2D eigenvalue weighted by atomic mass is 16.5. The third-order valence-corrected chi connectivity index (χ3v) is 6.00. The second-order valence-corrected chi connectivity index (χ2v) is 8.21. The van der Waals surface area contributed by atoms with Crippen LogP contribution in [0.15, 0.2) is 70.1 Å². The molecule has 0 fully saturated rings. The minimum absolute atomic E-state index is 0.0723. The number of methoxy groups -OCH3 is 1. The average molecular weight is 456 g/mol. The molecule has 1 aliphatic heterocycles. The van der Waals surface area contributed by atoms with Gasteiger partial charge in [-0.3, -0.25) is 14.6 Å². The zero-order valence-electron chi connectivity index (χ0n) is 19.2. The summed E-state index contributed by atoms with van der Waals surface area (Å²) in [5.41, 5.74) is 3.04. The minimum Gasteiger partial charge on any atom is -0.493 e. The van der Waals surface area contributed by atoms with Crippen LogP contribution in [0.2, 0.25) is 0 Å². The molecule has 1 atom stereocenters. The number of ether oxygens (including phenoxy) is 2. The topological polar surface area (TPSA) is 81.9 Å². The Kier molecular flexibility index (Phi) is 5.53. The van der Waals surface area contributed by atoms with E-state index in [9.17, 15) is 9.59 Å². The molecular formula is C27H24N2O5. The second kappa shape index (κ2) is 8.67. The van der Waals surface area contributed by atoms with Crippen LogP contribution in [-0.4, -0.2) is 29.5 Å². The molecule has 3 heterocycles. The zero-order valence-corrected chi connectivity index (χ0v) is 19.2. The van der Waals surface area contributed by atoms with E-state index in [1.165, 1.54) is 0 Å². The summed E-state index contributed by atoms with van der Waals surface area (Å²) < 4.78 is 17.2. The Balaban J connectivity index is 1.72. The highest BCUT2D eigenvalue weighted by Crippen LogP contribution is 2.41. The van der Waals surface area contributed by atoms with Crippen LogP contribution >= 0.6 is 0 Å². The first kappa shape index (κ1) is 21.7. The fourth-order valence-corrected chi connectivity index (χ4v) is 4.46. The molecule has 34 heavy (non-hydrogen) atoms. The van der Waals surface area contributed by atoms with Crippen molar-refractivity contribution in [1.82, 2.24) is 9.88 Å². The Morgan fingerprint density at radius 1 is 1.09 bits per heavy atom. The van der Waals surface area contributed by atoms with Gasteiger partial charge in [0.15, 0.2) is 16.9 Å². The van der Waals surface area contributed by atoms with Crippen molar-refractivity contribution in [2.24, 2.45) is 0 Å². The number of carbonyl (C=O) groups is 1. The van der Waals surface area contributed by atoms with Crippen molar-refractivity contribution in [2.75, 3.05) is 13.7 Å². The lowest BCUT2D eigenvalue weighted by Gasteiger charge is -2.25. The number of carbonyl (C=O) groups excluding carboxylic acids is 1. The van der Waals surface area contributed by atoms with Gasteiger partial charge in [-0.2, -0.15) is 0 Å². The molecule has 0 saturated heterocycles. The maximum absolute atomic E-state index is 13.7. The molecule has 172 valence electrons. The van der Waals surface area contributed by atoms with E-state index in [0.29, 0.717) is 34.6 Å². The summed E-state index contributed by atoms with van der Waals surface area (Å²) in [6.45, 7) is 4.57. The quantitative estimate of drug-likeness (QED) is 0.420. The Morgan fingerprint density at radius 2 is 1.94 bits per heavy atom. The number of pyridine rings is 1. The lowest BCUT2D eigenvalue weighted by Crippen LogP contribution is -2.29. The SMILES string of the molecule is CCOc1ccc([C@H]2c3c(oc4ccc(C)cc4c3=O)C(=O)N2Cc2cccnc2)cc1OC. The van der Waals surface area contributed by atoms with Gasteiger partial charge >= 0.3 is 0 Å². The van der Waals surface area contributed by atoms with Gasteiger partial charge in [-0.05, 0) is 55.3 Å². The van der Waals surface area contributed by atoms with Crippen LogP contribution in [0.1, 0.15) is 45.8 Å². The summed E-state index contributed by atoms with van der Waals surface area (Å²) in [6.07, 6.45) is 3.39. The molecule has 0 aliphatic carbocycles. The molecule has 0 unspecified atom stereocenters. The van der Waals surface area contributed by atoms with Crippen molar-refractivity contribution < 1.29 is 18.7 Å². The number of aromatic nitrogens is 1. The zero-order chi connectivity index (χ0) is 23.8. The summed E-state index contributed by atoms with van der Waals surface area (Å²) in [4.78, 5) is 33.1. The van der Waals surface area contributed by atoms with Gasteiger partial charge in [-0.25, -0.2) is 0 Å². The summed E-state index contributed by atoms with van der Waals surface area (Å²) in [5, 5.41) is 0.456. The predicted molar refractivity (Wildman–Crippen MR) is 127 cm³/mol. The Hall–Kier alpha value is -4.13. The van der Waals surface area contributed by atoms with Gasteiger partial charge in [-0.15, -0.1) is 0 Å². The van der Waals surface area contributed by atoms with Gasteiger partial charge in [0.2, 0.25) is 5.76 Å². The van der Waals surface area contributed by atoms with Crippen LogP contribution in [0.4, 0.5) is 0 Å². The maximum Gasteiger partial charge on any atom is 0.291 e. The van der Waals surface area contributed by atoms with Crippen molar-refractivity contribution in [3.05, 3.63) is 99.2 Å². The van der Waals surface area contributed by atoms with E-state index in [1.54, 1.807) is 42.6 Å². The normalized spacial score (nSPS) is 15.0. The van der Waals surface area contributed by atoms with E-state index >= 15 is 0 Å². The summed E-state index contributed by atoms with van der Waals surface area (Å²) in [5.74, 6) is 0.861. The van der Waals surface area contributed by atoms with E-state index in [4.69, 9.17) is 13.9 Å². The molecule has 4 aromatic rings. The molecule has 1 amide bonds. The molecule has 1 aliphatic rings. The summed E-state index contributed by atoms with van der Waals surface area (Å²) >= 11 is 0. The van der Waals surface area contributed by atoms with Gasteiger partial charge in [0.1, 0.15) is 5.58 Å². The first-order valence-corrected chi connectivity index (χ1v) is 11.1. The first-order chi connectivity index (χ1) is 16.5. The summed E-state index contributed by atoms with van der Waals surface area (Å²) in [6, 6.07) is 13.9. The molecule has 5 rings (SSSR count). The minimum atomic E-state index is -0.645. The van der Waals surface area contributed by atoms with E-state index in [1.807, 2.05) is 44.2 Å². The second-order valence-electron chi connectivity index (χ2n) is 8.21. The Morgan fingerprint density at radius 3 is 2.68 bits per heavy atom. The fraction of sp³-hybridized carbons (Fsp3) is 0.222. The molecule has 7 heteroatoms. The van der Waals surface area contributed by atoms with Crippen LogP contribution in [0.3, 0.4) is 0 Å². The number of rotatable bonds is 6. The van der Waals surface area contributed by atoms with Gasteiger partial charge in [-0.1, -0.05) is 23.8 Å². The highest BCUT2D eigenvalue weighted by Gasteiger charge is 2.43. The smallest absolute Gasteiger partial charge is 0.291 e. The number of nitrogens with zero attached hydrogens (tertiary/aromatic N) is 2. The van der Waals surface area contributed by atoms with Crippen LogP contribution in [0.25, 0.3) is 11.0 Å². The molecule has 0 saturated carbocycles. The van der Waals surface area contributed by atoms with E-state index in [2.05, 4.69) is 4.98 Å². The number of aryl methyl sites for hydroxylation is 1. The number of amides is 1. The van der Waals surface area contributed by atoms with Gasteiger partial charge < -0.3 is 18.8 Å². The van der Waals surface area contributed by atoms with Crippen molar-refractivity contribution in [3.63, 3.8) is 0 Å². The first-order valence-electron chi connectivity index (χ1n) is 11.1. The molecule has 2 aromatic heterocycles. The van der Waals surface area contributed by atoms with Crippen LogP contribution in [0.5, 0.6) is 11.5 Å². The van der Waals surface area contributed by atoms with Gasteiger partial charge in [0, 0.05) is 18.9 Å². The predicted octanol–water partition coefficient (Wildman–Crippen LogP) is 4.65. The number of hydrogen-bond acceptors (Lipinski definition) is 6. The van der Waals surface area contributed by atoms with Crippen molar-refractivity contribution in [2.45, 2.75) is 26.4 Å². The number of fused-ring (bicyclic) bond motifs is 2. The molecule has 0 radical (unpaired) electrons. The number of benzene rings is 2. The van der Waals surface area contributed by atoms with Crippen LogP contribution in [-0.2, 0) is 6.54 Å². The third-order valence-electron chi connectivity index (χ3n) is 6.00. The molecule has 0 bridgehead atoms. The molecule has 2 aromatic carbocycles. The van der Waals surface area contributed by atoms with E-state index in [-0.39, 0.29) is 23.6 Å². The summed E-state index contributed by atoms with van der Waals surface area (Å²) in [7, 11) is 1.56. The molecule has 7 nitrogen and oxygen atoms in total. The lowest BCUT2D eigenvalue weighted by atomic mass is 9.97. The third kappa shape index (κ3) is 3.59. The van der Waals surface area contributed by atoms with E-state index in [0.717, 1.165) is 16.7 Å². The average Bonchev–Trinajstić information content (AvgIpc) is 3.12. The monoisotopic (exact) mass is 456 g/mol. The number of hydrogen-bond donors (Lipinski definition) is 0. The van der Waals surface area contributed by atoms with Crippen LogP contribution in [0, 0.1) is 6.92 Å². The van der Waals surface area contributed by atoms with Crippen molar-refractivity contribution in [3.8, 4) is 11.5 Å². The largest absolute Gasteiger partial charge is 0.493 e. The van der Waals surface area contributed by atoms with Gasteiger partial charge in [0.25, 0.3) is 5.91 Å². The van der Waals surface area contributed by atoms with Crippen molar-refractivity contribution in [1.29, 1.82) is 0 Å². The fourth-order valence-electron chi connectivity index (χ4n) is 4.46. The van der Waals surface area contributed by atoms with Crippen LogP contribution < -0.4 is 14.9 Å². The lowest BCUT2D eigenvalue weighted by molar-refractivity contribution is 0.0714. The maximum atomic E-state index is 13.7. The Bertz CT molecular complexity index is 1450. The Labute approximate surface area is 196 Å². The molecule has 0 N–H and O–H groups in total.